The first-order valence-corrected chi connectivity index (χ1v) is 9.08. The summed E-state index contributed by atoms with van der Waals surface area (Å²) in [5.41, 5.74) is 6.75. The molecule has 0 spiro atoms. The molecule has 2 aliphatic rings. The SMILES string of the molecule is CC(C)CC1CC(C(=O)N(Cc2c(F)cccc2Cl)C2CC2)NN1. The first-order chi connectivity index (χ1) is 11.5. The summed E-state index contributed by atoms with van der Waals surface area (Å²) in [6.07, 6.45) is 3.76. The molecule has 0 radical (unpaired) electrons. The van der Waals surface area contributed by atoms with Crippen molar-refractivity contribution < 1.29 is 9.18 Å². The van der Waals surface area contributed by atoms with Gasteiger partial charge in [-0.05, 0) is 43.7 Å². The first-order valence-electron chi connectivity index (χ1n) is 8.70. The minimum absolute atomic E-state index is 0.0376. The van der Waals surface area contributed by atoms with Crippen LogP contribution in [0.5, 0.6) is 0 Å². The van der Waals surface area contributed by atoms with Gasteiger partial charge >= 0.3 is 0 Å². The average Bonchev–Trinajstić information content (AvgIpc) is 3.25. The standard InChI is InChI=1S/C18H25ClFN3O/c1-11(2)8-12-9-17(22-21-12)18(24)23(13-6-7-13)10-14-15(19)4-3-5-16(14)20/h3-5,11-13,17,21-22H,6-10H2,1-2H3. The second-order valence-electron chi connectivity index (χ2n) is 7.30. The van der Waals surface area contributed by atoms with Crippen molar-refractivity contribution in [2.75, 3.05) is 0 Å². The summed E-state index contributed by atoms with van der Waals surface area (Å²) in [4.78, 5) is 14.7. The highest BCUT2D eigenvalue weighted by molar-refractivity contribution is 6.31. The molecule has 1 aliphatic heterocycles. The summed E-state index contributed by atoms with van der Waals surface area (Å²) in [7, 11) is 0. The lowest BCUT2D eigenvalue weighted by Gasteiger charge is -2.26. The Bertz CT molecular complexity index is 586. The van der Waals surface area contributed by atoms with Gasteiger partial charge in [-0.2, -0.15) is 0 Å². The van der Waals surface area contributed by atoms with Crippen LogP contribution < -0.4 is 10.9 Å². The van der Waals surface area contributed by atoms with Gasteiger partial charge in [-0.1, -0.05) is 31.5 Å². The first kappa shape index (κ1) is 17.6. The van der Waals surface area contributed by atoms with Gasteiger partial charge in [-0.25, -0.2) is 9.82 Å². The van der Waals surface area contributed by atoms with Crippen molar-refractivity contribution in [3.05, 3.63) is 34.6 Å². The van der Waals surface area contributed by atoms with Crippen LogP contribution in [0.25, 0.3) is 0 Å². The summed E-state index contributed by atoms with van der Waals surface area (Å²) < 4.78 is 14.1. The molecular formula is C18H25ClFN3O. The summed E-state index contributed by atoms with van der Waals surface area (Å²) in [5.74, 6) is 0.265. The highest BCUT2D eigenvalue weighted by Crippen LogP contribution is 2.32. The second-order valence-corrected chi connectivity index (χ2v) is 7.71. The van der Waals surface area contributed by atoms with E-state index in [9.17, 15) is 9.18 Å². The van der Waals surface area contributed by atoms with Crippen LogP contribution in [0.15, 0.2) is 18.2 Å². The topological polar surface area (TPSA) is 44.4 Å². The molecule has 6 heteroatoms. The fourth-order valence-corrected chi connectivity index (χ4v) is 3.56. The van der Waals surface area contributed by atoms with Crippen LogP contribution >= 0.6 is 11.6 Å². The Morgan fingerprint density at radius 2 is 2.12 bits per heavy atom. The van der Waals surface area contributed by atoms with Gasteiger partial charge < -0.3 is 4.90 Å². The molecule has 0 bridgehead atoms. The zero-order valence-corrected chi connectivity index (χ0v) is 14.9. The molecule has 4 nitrogen and oxygen atoms in total. The van der Waals surface area contributed by atoms with Gasteiger partial charge in [-0.15, -0.1) is 0 Å². The molecule has 1 aromatic carbocycles. The molecule has 1 saturated heterocycles. The molecule has 1 amide bonds. The van der Waals surface area contributed by atoms with E-state index in [1.165, 1.54) is 6.07 Å². The summed E-state index contributed by atoms with van der Waals surface area (Å²) in [5, 5.41) is 0.378. The van der Waals surface area contributed by atoms with Crippen molar-refractivity contribution in [3.8, 4) is 0 Å². The van der Waals surface area contributed by atoms with Gasteiger partial charge in [0.1, 0.15) is 11.9 Å². The van der Waals surface area contributed by atoms with E-state index in [0.29, 0.717) is 22.5 Å². The minimum atomic E-state index is -0.351. The van der Waals surface area contributed by atoms with Crippen molar-refractivity contribution >= 4 is 17.5 Å². The molecule has 1 heterocycles. The number of hydrogen-bond donors (Lipinski definition) is 2. The van der Waals surface area contributed by atoms with Crippen molar-refractivity contribution in [2.45, 2.75) is 64.2 Å². The van der Waals surface area contributed by atoms with Crippen molar-refractivity contribution in [1.82, 2.24) is 15.8 Å². The van der Waals surface area contributed by atoms with Crippen LogP contribution in [0.2, 0.25) is 5.02 Å². The third-order valence-electron chi connectivity index (χ3n) is 4.70. The van der Waals surface area contributed by atoms with Crippen molar-refractivity contribution in [3.63, 3.8) is 0 Å². The fourth-order valence-electron chi connectivity index (χ4n) is 3.33. The Morgan fingerprint density at radius 3 is 2.75 bits per heavy atom. The Balaban J connectivity index is 1.69. The van der Waals surface area contributed by atoms with E-state index >= 15 is 0 Å². The number of benzene rings is 1. The van der Waals surface area contributed by atoms with Crippen molar-refractivity contribution in [2.24, 2.45) is 5.92 Å². The van der Waals surface area contributed by atoms with E-state index in [-0.39, 0.29) is 30.4 Å². The van der Waals surface area contributed by atoms with Gasteiger partial charge in [0, 0.05) is 22.7 Å². The number of halogens is 2. The zero-order valence-electron chi connectivity index (χ0n) is 14.2. The largest absolute Gasteiger partial charge is 0.334 e. The average molecular weight is 354 g/mol. The molecule has 2 atom stereocenters. The van der Waals surface area contributed by atoms with Crippen LogP contribution in [0.1, 0.15) is 45.1 Å². The van der Waals surface area contributed by atoms with Crippen LogP contribution in [-0.4, -0.2) is 28.9 Å². The van der Waals surface area contributed by atoms with Crippen LogP contribution in [0, 0.1) is 11.7 Å². The summed E-state index contributed by atoms with van der Waals surface area (Å²) >= 11 is 6.14. The van der Waals surface area contributed by atoms with Crippen molar-refractivity contribution in [1.29, 1.82) is 0 Å². The molecular weight excluding hydrogens is 329 g/mol. The maximum atomic E-state index is 14.1. The minimum Gasteiger partial charge on any atom is -0.334 e. The van der Waals surface area contributed by atoms with E-state index in [4.69, 9.17) is 11.6 Å². The molecule has 2 unspecified atom stereocenters. The number of amides is 1. The smallest absolute Gasteiger partial charge is 0.241 e. The van der Waals surface area contributed by atoms with Gasteiger partial charge in [0.25, 0.3) is 0 Å². The molecule has 24 heavy (non-hydrogen) atoms. The van der Waals surface area contributed by atoms with Gasteiger partial charge in [-0.3, -0.25) is 10.2 Å². The van der Waals surface area contributed by atoms with E-state index in [2.05, 4.69) is 24.7 Å². The fraction of sp³-hybridized carbons (Fsp3) is 0.611. The number of carbonyl (C=O) groups is 1. The molecule has 2 N–H and O–H groups in total. The third kappa shape index (κ3) is 4.08. The Hall–Kier alpha value is -1.17. The lowest BCUT2D eigenvalue weighted by Crippen LogP contribution is -2.46. The van der Waals surface area contributed by atoms with E-state index in [0.717, 1.165) is 25.7 Å². The molecule has 1 saturated carbocycles. The van der Waals surface area contributed by atoms with Gasteiger partial charge in [0.2, 0.25) is 5.91 Å². The van der Waals surface area contributed by atoms with Gasteiger partial charge in [0.05, 0.1) is 6.54 Å². The predicted octanol–water partition coefficient (Wildman–Crippen LogP) is 3.25. The lowest BCUT2D eigenvalue weighted by atomic mass is 9.99. The number of hydrogen-bond acceptors (Lipinski definition) is 3. The van der Waals surface area contributed by atoms with Crippen LogP contribution in [0.4, 0.5) is 4.39 Å². The second kappa shape index (κ2) is 7.38. The maximum Gasteiger partial charge on any atom is 0.241 e. The Labute approximate surface area is 147 Å². The van der Waals surface area contributed by atoms with Crippen LogP contribution in [-0.2, 0) is 11.3 Å². The lowest BCUT2D eigenvalue weighted by molar-refractivity contribution is -0.134. The highest BCUT2D eigenvalue weighted by Gasteiger charge is 2.39. The molecule has 3 rings (SSSR count). The number of rotatable bonds is 6. The highest BCUT2D eigenvalue weighted by atomic mass is 35.5. The van der Waals surface area contributed by atoms with Gasteiger partial charge in [0.15, 0.2) is 0 Å². The number of nitrogens with one attached hydrogen (secondary N) is 2. The normalized spacial score (nSPS) is 23.7. The molecule has 0 aromatic heterocycles. The van der Waals surface area contributed by atoms with E-state index in [1.54, 1.807) is 17.0 Å². The van der Waals surface area contributed by atoms with E-state index < -0.39 is 0 Å². The monoisotopic (exact) mass is 353 g/mol. The summed E-state index contributed by atoms with van der Waals surface area (Å²) in [6, 6.07) is 4.91. The molecule has 1 aliphatic carbocycles. The number of nitrogens with zero attached hydrogens (tertiary/aromatic N) is 1. The molecule has 2 fully saturated rings. The molecule has 1 aromatic rings. The third-order valence-corrected chi connectivity index (χ3v) is 5.05. The zero-order chi connectivity index (χ0) is 17.3. The predicted molar refractivity (Wildman–Crippen MR) is 92.9 cm³/mol. The quantitative estimate of drug-likeness (QED) is 0.825. The Kier molecular flexibility index (Phi) is 5.42. The molecule has 132 valence electrons. The Morgan fingerprint density at radius 1 is 1.38 bits per heavy atom. The van der Waals surface area contributed by atoms with Crippen LogP contribution in [0.3, 0.4) is 0 Å². The number of carbonyl (C=O) groups excluding carboxylic acids is 1. The van der Waals surface area contributed by atoms with E-state index in [1.807, 2.05) is 0 Å². The summed E-state index contributed by atoms with van der Waals surface area (Å²) in [6.45, 7) is 4.59. The number of hydrazine groups is 1. The maximum absolute atomic E-state index is 14.1.